The fourth-order valence-electron chi connectivity index (χ4n) is 1.51. The molecule has 0 unspecified atom stereocenters. The van der Waals surface area contributed by atoms with E-state index in [-0.39, 0.29) is 5.82 Å². The van der Waals surface area contributed by atoms with Crippen molar-refractivity contribution in [2.24, 2.45) is 0 Å². The van der Waals surface area contributed by atoms with Crippen molar-refractivity contribution < 1.29 is 4.39 Å². The van der Waals surface area contributed by atoms with Crippen molar-refractivity contribution in [2.45, 2.75) is 19.9 Å². The van der Waals surface area contributed by atoms with Crippen LogP contribution >= 0.6 is 0 Å². The Morgan fingerprint density at radius 1 is 1.31 bits per heavy atom. The molecular weight excluding hydrogens is 205 g/mol. The minimum Gasteiger partial charge on any atom is -0.366 e. The van der Waals surface area contributed by atoms with E-state index in [1.165, 1.54) is 6.07 Å². The normalized spacial score (nSPS) is 10.8. The molecule has 0 radical (unpaired) electrons. The van der Waals surface area contributed by atoms with Gasteiger partial charge >= 0.3 is 0 Å². The van der Waals surface area contributed by atoms with Crippen LogP contribution in [0.15, 0.2) is 30.3 Å². The van der Waals surface area contributed by atoms with Crippen molar-refractivity contribution in [1.82, 2.24) is 10.2 Å². The number of aromatic nitrogens is 2. The molecule has 1 heterocycles. The average molecular weight is 219 g/mol. The van der Waals surface area contributed by atoms with Crippen LogP contribution in [-0.4, -0.2) is 16.2 Å². The second-order valence-electron chi connectivity index (χ2n) is 3.95. The fourth-order valence-corrected chi connectivity index (χ4v) is 1.51. The zero-order chi connectivity index (χ0) is 11.5. The fraction of sp³-hybridized carbons (Fsp3) is 0.250. The molecule has 2 aromatic rings. The summed E-state index contributed by atoms with van der Waals surface area (Å²) < 4.78 is 13.5. The molecule has 0 fully saturated rings. The number of benzene rings is 1. The van der Waals surface area contributed by atoms with Crippen LogP contribution in [0, 0.1) is 5.82 Å². The van der Waals surface area contributed by atoms with Crippen LogP contribution in [0.5, 0.6) is 0 Å². The Morgan fingerprint density at radius 3 is 2.75 bits per heavy atom. The van der Waals surface area contributed by atoms with E-state index in [0.29, 0.717) is 17.3 Å². The summed E-state index contributed by atoms with van der Waals surface area (Å²) in [5, 5.41) is 10.0. The quantitative estimate of drug-likeness (QED) is 0.833. The number of H-pyrrole nitrogens is 1. The lowest BCUT2D eigenvalue weighted by Gasteiger charge is -2.04. The van der Waals surface area contributed by atoms with Crippen LogP contribution in [0.25, 0.3) is 11.3 Å². The van der Waals surface area contributed by atoms with Gasteiger partial charge in [0.1, 0.15) is 11.6 Å². The molecule has 2 rings (SSSR count). The summed E-state index contributed by atoms with van der Waals surface area (Å²) in [6.07, 6.45) is 0. The van der Waals surface area contributed by atoms with Crippen molar-refractivity contribution in [2.75, 3.05) is 5.32 Å². The molecule has 0 spiro atoms. The summed E-state index contributed by atoms with van der Waals surface area (Å²) in [4.78, 5) is 0. The number of hydrogen-bond acceptors (Lipinski definition) is 2. The summed E-state index contributed by atoms with van der Waals surface area (Å²) >= 11 is 0. The number of hydrogen-bond donors (Lipinski definition) is 2. The molecule has 0 aliphatic heterocycles. The van der Waals surface area contributed by atoms with Crippen molar-refractivity contribution in [3.63, 3.8) is 0 Å². The molecule has 2 N–H and O–H groups in total. The van der Waals surface area contributed by atoms with E-state index in [4.69, 9.17) is 0 Å². The van der Waals surface area contributed by atoms with Gasteiger partial charge in [-0.1, -0.05) is 12.1 Å². The largest absolute Gasteiger partial charge is 0.366 e. The molecule has 84 valence electrons. The van der Waals surface area contributed by atoms with Gasteiger partial charge in [-0.3, -0.25) is 5.10 Å². The summed E-state index contributed by atoms with van der Waals surface area (Å²) in [5.74, 6) is 0.482. The molecule has 16 heavy (non-hydrogen) atoms. The van der Waals surface area contributed by atoms with E-state index in [9.17, 15) is 4.39 Å². The molecule has 4 heteroatoms. The van der Waals surface area contributed by atoms with Crippen molar-refractivity contribution in [1.29, 1.82) is 0 Å². The van der Waals surface area contributed by atoms with Crippen molar-refractivity contribution >= 4 is 5.82 Å². The number of aromatic amines is 1. The summed E-state index contributed by atoms with van der Waals surface area (Å²) in [6.45, 7) is 4.05. The van der Waals surface area contributed by atoms with Gasteiger partial charge in [-0.2, -0.15) is 5.10 Å². The Morgan fingerprint density at radius 2 is 2.06 bits per heavy atom. The van der Waals surface area contributed by atoms with Crippen molar-refractivity contribution in [3.05, 3.63) is 36.1 Å². The number of rotatable bonds is 3. The van der Waals surface area contributed by atoms with Gasteiger partial charge in [0.25, 0.3) is 0 Å². The maximum absolute atomic E-state index is 13.5. The number of halogens is 1. The van der Waals surface area contributed by atoms with E-state index in [0.717, 1.165) is 5.82 Å². The first kappa shape index (κ1) is 10.7. The molecule has 0 atom stereocenters. The molecule has 0 amide bonds. The highest BCUT2D eigenvalue weighted by Crippen LogP contribution is 2.22. The predicted molar refractivity (Wildman–Crippen MR) is 62.7 cm³/mol. The molecular formula is C12H14FN3. The zero-order valence-electron chi connectivity index (χ0n) is 9.29. The summed E-state index contributed by atoms with van der Waals surface area (Å²) in [6, 6.07) is 8.74. The monoisotopic (exact) mass is 219 g/mol. The highest BCUT2D eigenvalue weighted by molar-refractivity contribution is 5.63. The molecule has 0 bridgehead atoms. The lowest BCUT2D eigenvalue weighted by atomic mass is 10.1. The second kappa shape index (κ2) is 4.35. The Balaban J connectivity index is 2.28. The van der Waals surface area contributed by atoms with Crippen LogP contribution in [0.3, 0.4) is 0 Å². The smallest absolute Gasteiger partial charge is 0.148 e. The molecule has 0 aliphatic rings. The number of nitrogens with one attached hydrogen (secondary N) is 2. The first-order valence-corrected chi connectivity index (χ1v) is 5.23. The maximum Gasteiger partial charge on any atom is 0.148 e. The minimum atomic E-state index is -0.248. The topological polar surface area (TPSA) is 40.7 Å². The molecule has 1 aromatic heterocycles. The number of anilines is 1. The van der Waals surface area contributed by atoms with Gasteiger partial charge < -0.3 is 5.32 Å². The van der Waals surface area contributed by atoms with Gasteiger partial charge in [-0.15, -0.1) is 0 Å². The summed E-state index contributed by atoms with van der Waals surface area (Å²) in [7, 11) is 0. The van der Waals surface area contributed by atoms with E-state index in [2.05, 4.69) is 15.5 Å². The highest BCUT2D eigenvalue weighted by atomic mass is 19.1. The second-order valence-corrected chi connectivity index (χ2v) is 3.95. The van der Waals surface area contributed by atoms with E-state index < -0.39 is 0 Å². The van der Waals surface area contributed by atoms with Gasteiger partial charge in [-0.25, -0.2) is 4.39 Å². The lowest BCUT2D eigenvalue weighted by molar-refractivity contribution is 0.630. The van der Waals surface area contributed by atoms with Crippen molar-refractivity contribution in [3.8, 4) is 11.3 Å². The third kappa shape index (κ3) is 2.21. The molecule has 3 nitrogen and oxygen atoms in total. The standard InChI is InChI=1S/C12H14FN3/c1-8(2)14-12-7-11(15-16-12)9-5-3-4-6-10(9)13/h3-8H,1-2H3,(H2,14,15,16). The minimum absolute atomic E-state index is 0.248. The first-order chi connectivity index (χ1) is 7.66. The third-order valence-electron chi connectivity index (χ3n) is 2.18. The van der Waals surface area contributed by atoms with Gasteiger partial charge in [0, 0.05) is 17.7 Å². The maximum atomic E-state index is 13.5. The van der Waals surface area contributed by atoms with Crippen LogP contribution in [0.1, 0.15) is 13.8 Å². The van der Waals surface area contributed by atoms with Gasteiger partial charge in [-0.05, 0) is 26.0 Å². The predicted octanol–water partition coefficient (Wildman–Crippen LogP) is 3.04. The van der Waals surface area contributed by atoms with Gasteiger partial charge in [0.05, 0.1) is 5.69 Å². The molecule has 0 aliphatic carbocycles. The molecule has 1 aromatic carbocycles. The highest BCUT2D eigenvalue weighted by Gasteiger charge is 2.07. The Kier molecular flexibility index (Phi) is 2.90. The molecule has 0 saturated heterocycles. The van der Waals surface area contributed by atoms with Crippen LogP contribution < -0.4 is 5.32 Å². The van der Waals surface area contributed by atoms with E-state index in [1.807, 2.05) is 13.8 Å². The van der Waals surface area contributed by atoms with E-state index in [1.54, 1.807) is 24.3 Å². The average Bonchev–Trinajstić information content (AvgIpc) is 2.66. The zero-order valence-corrected chi connectivity index (χ0v) is 9.29. The SMILES string of the molecule is CC(C)Nc1cc(-c2ccccc2F)[nH]n1. The third-order valence-corrected chi connectivity index (χ3v) is 2.18. The first-order valence-electron chi connectivity index (χ1n) is 5.23. The number of nitrogens with zero attached hydrogens (tertiary/aromatic N) is 1. The Hall–Kier alpha value is -1.84. The van der Waals surface area contributed by atoms with Crippen LogP contribution in [0.4, 0.5) is 10.2 Å². The summed E-state index contributed by atoms with van der Waals surface area (Å²) in [5.41, 5.74) is 1.22. The Labute approximate surface area is 93.7 Å². The van der Waals surface area contributed by atoms with E-state index >= 15 is 0 Å². The Bertz CT molecular complexity index is 477. The van der Waals surface area contributed by atoms with Crippen LogP contribution in [0.2, 0.25) is 0 Å². The van der Waals surface area contributed by atoms with Gasteiger partial charge in [0.15, 0.2) is 0 Å². The van der Waals surface area contributed by atoms with Gasteiger partial charge in [0.2, 0.25) is 0 Å². The lowest BCUT2D eigenvalue weighted by Crippen LogP contribution is -2.09. The van der Waals surface area contributed by atoms with Crippen LogP contribution in [-0.2, 0) is 0 Å². The molecule has 0 saturated carbocycles.